The number of carbonyl (C=O) groups is 1. The van der Waals surface area contributed by atoms with Crippen molar-refractivity contribution < 1.29 is 14.3 Å². The number of allylic oxidation sites excluding steroid dienone is 1. The van der Waals surface area contributed by atoms with E-state index in [9.17, 15) is 9.90 Å². The molecule has 19 heavy (non-hydrogen) atoms. The van der Waals surface area contributed by atoms with Gasteiger partial charge in [0.05, 0.1) is 0 Å². The minimum atomic E-state index is -2.06. The Balaban J connectivity index is 2.83. The van der Waals surface area contributed by atoms with Crippen molar-refractivity contribution in [3.8, 4) is 0 Å². The number of hydrogen-bond acceptors (Lipinski definition) is 2. The first-order valence-electron chi connectivity index (χ1n) is 7.27. The summed E-state index contributed by atoms with van der Waals surface area (Å²) in [6, 6.07) is 0. The van der Waals surface area contributed by atoms with Crippen LogP contribution in [-0.4, -0.2) is 19.4 Å². The molecule has 1 fully saturated rings. The van der Waals surface area contributed by atoms with E-state index in [1.165, 1.54) is 19.3 Å². The molecule has 0 unspecified atom stereocenters. The van der Waals surface area contributed by atoms with Crippen molar-refractivity contribution in [3.05, 3.63) is 11.8 Å². The van der Waals surface area contributed by atoms with Crippen LogP contribution in [0.4, 0.5) is 0 Å². The van der Waals surface area contributed by atoms with Gasteiger partial charge in [0.2, 0.25) is 0 Å². The molecule has 1 aliphatic carbocycles. The lowest BCUT2D eigenvalue weighted by Crippen LogP contribution is -2.41. The van der Waals surface area contributed by atoms with Gasteiger partial charge in [0.1, 0.15) is 0 Å². The van der Waals surface area contributed by atoms with E-state index in [0.717, 1.165) is 12.8 Å². The molecule has 1 N–H and O–H groups in total. The average Bonchev–Trinajstić information content (AvgIpc) is 2.27. The summed E-state index contributed by atoms with van der Waals surface area (Å²) >= 11 is 0. The van der Waals surface area contributed by atoms with Crippen molar-refractivity contribution in [2.45, 2.75) is 71.0 Å². The summed E-state index contributed by atoms with van der Waals surface area (Å²) in [5.41, 5.74) is 0. The van der Waals surface area contributed by atoms with Crippen molar-refractivity contribution in [1.29, 1.82) is 0 Å². The third-order valence-corrected chi connectivity index (χ3v) is 8.76. The lowest BCUT2D eigenvalue weighted by molar-refractivity contribution is -0.135. The molecule has 0 aromatic rings. The fourth-order valence-electron chi connectivity index (χ4n) is 2.09. The molecule has 0 spiro atoms. The van der Waals surface area contributed by atoms with Gasteiger partial charge in [0.25, 0.3) is 8.32 Å². The number of hydrogen-bond donors (Lipinski definition) is 1. The van der Waals surface area contributed by atoms with E-state index in [2.05, 4.69) is 33.9 Å². The van der Waals surface area contributed by atoms with Crippen LogP contribution in [0.25, 0.3) is 0 Å². The molecule has 0 saturated heterocycles. The van der Waals surface area contributed by atoms with Gasteiger partial charge in [0, 0.05) is 0 Å². The molecule has 0 aliphatic heterocycles. The Bertz CT molecular complexity index is 347. The highest BCUT2D eigenvalue weighted by atomic mass is 28.4. The average molecular weight is 284 g/mol. The highest BCUT2D eigenvalue weighted by molar-refractivity contribution is 6.74. The molecule has 0 radical (unpaired) electrons. The van der Waals surface area contributed by atoms with Crippen LogP contribution < -0.4 is 0 Å². The molecule has 3 nitrogen and oxygen atoms in total. The molecule has 0 amide bonds. The van der Waals surface area contributed by atoms with Crippen LogP contribution in [0.3, 0.4) is 0 Å². The van der Waals surface area contributed by atoms with Gasteiger partial charge in [-0.3, -0.25) is 0 Å². The number of aliphatic carboxylic acids is 1. The third-order valence-electron chi connectivity index (χ3n) is 4.42. The summed E-state index contributed by atoms with van der Waals surface area (Å²) in [7, 11) is -2.06. The first-order chi connectivity index (χ1) is 8.63. The van der Waals surface area contributed by atoms with Crippen molar-refractivity contribution in [3.63, 3.8) is 0 Å². The van der Waals surface area contributed by atoms with Crippen LogP contribution in [0.2, 0.25) is 18.1 Å². The molecule has 110 valence electrons. The van der Waals surface area contributed by atoms with Gasteiger partial charge in [-0.25, -0.2) is 4.79 Å². The molecule has 0 aromatic carbocycles. The second-order valence-corrected chi connectivity index (χ2v) is 11.8. The second kappa shape index (κ2) is 6.12. The van der Waals surface area contributed by atoms with Gasteiger partial charge in [-0.15, -0.1) is 0 Å². The Morgan fingerprint density at radius 3 is 2.16 bits per heavy atom. The van der Waals surface area contributed by atoms with Gasteiger partial charge in [-0.2, -0.15) is 0 Å². The van der Waals surface area contributed by atoms with Crippen LogP contribution in [0.5, 0.6) is 0 Å². The maximum atomic E-state index is 11.4. The van der Waals surface area contributed by atoms with Crippen molar-refractivity contribution >= 4 is 14.3 Å². The molecule has 1 rings (SSSR count). The molecule has 4 heteroatoms. The Morgan fingerprint density at radius 2 is 1.74 bits per heavy atom. The maximum Gasteiger partial charge on any atom is 0.369 e. The first-order valence-corrected chi connectivity index (χ1v) is 10.2. The topological polar surface area (TPSA) is 46.5 Å². The summed E-state index contributed by atoms with van der Waals surface area (Å²) < 4.78 is 5.97. The summed E-state index contributed by atoms with van der Waals surface area (Å²) in [5.74, 6) is -0.362. The molecular weight excluding hydrogens is 256 g/mol. The molecule has 1 aliphatic rings. The van der Waals surface area contributed by atoms with Gasteiger partial charge < -0.3 is 9.53 Å². The zero-order valence-electron chi connectivity index (χ0n) is 13.0. The molecule has 0 atom stereocenters. The summed E-state index contributed by atoms with van der Waals surface area (Å²) in [5, 5.41) is 9.38. The Kier molecular flexibility index (Phi) is 5.24. The monoisotopic (exact) mass is 284 g/mol. The van der Waals surface area contributed by atoms with Gasteiger partial charge >= 0.3 is 5.97 Å². The normalized spacial score (nSPS) is 19.3. The van der Waals surface area contributed by atoms with Crippen LogP contribution in [0.15, 0.2) is 11.8 Å². The first kappa shape index (κ1) is 16.3. The highest BCUT2D eigenvalue weighted by Crippen LogP contribution is 2.38. The Morgan fingerprint density at radius 1 is 1.21 bits per heavy atom. The van der Waals surface area contributed by atoms with E-state index in [1.807, 2.05) is 6.08 Å². The van der Waals surface area contributed by atoms with Crippen LogP contribution in [0, 0.1) is 5.92 Å². The predicted molar refractivity (Wildman–Crippen MR) is 80.6 cm³/mol. The van der Waals surface area contributed by atoms with Gasteiger partial charge in [-0.1, -0.05) is 40.0 Å². The van der Waals surface area contributed by atoms with Gasteiger partial charge in [0.15, 0.2) is 5.76 Å². The number of rotatable bonds is 4. The minimum Gasteiger partial charge on any atom is -0.539 e. The summed E-state index contributed by atoms with van der Waals surface area (Å²) in [6.45, 7) is 10.5. The fraction of sp³-hybridized carbons (Fsp3) is 0.800. The lowest BCUT2D eigenvalue weighted by Gasteiger charge is -2.36. The largest absolute Gasteiger partial charge is 0.539 e. The summed E-state index contributed by atoms with van der Waals surface area (Å²) in [6.07, 6.45) is 7.73. The SMILES string of the molecule is CC(C)(C)[Si](C)(C)O/C(=C/C1CCCCC1)C(=O)O. The standard InChI is InChI=1S/C15H28O3Si/c1-15(2,3)19(4,5)18-13(14(16)17)11-12-9-7-6-8-10-12/h11-12H,6-10H2,1-5H3,(H,16,17)/b13-11+. The minimum absolute atomic E-state index is 0.0219. The molecule has 1 saturated carbocycles. The molecule has 0 bridgehead atoms. The van der Waals surface area contributed by atoms with Crippen LogP contribution in [0.1, 0.15) is 52.9 Å². The number of carboxylic acid groups (broad SMARTS) is 1. The summed E-state index contributed by atoms with van der Waals surface area (Å²) in [4.78, 5) is 11.4. The Hall–Kier alpha value is -0.773. The predicted octanol–water partition coefficient (Wildman–Crippen LogP) is 4.56. The Labute approximate surface area is 118 Å². The van der Waals surface area contributed by atoms with Crippen LogP contribution >= 0.6 is 0 Å². The van der Waals surface area contributed by atoms with E-state index >= 15 is 0 Å². The highest BCUT2D eigenvalue weighted by Gasteiger charge is 2.40. The molecule has 0 aromatic heterocycles. The van der Waals surface area contributed by atoms with E-state index in [-0.39, 0.29) is 10.8 Å². The van der Waals surface area contributed by atoms with E-state index < -0.39 is 14.3 Å². The number of carboxylic acids is 1. The third kappa shape index (κ3) is 4.68. The van der Waals surface area contributed by atoms with E-state index in [4.69, 9.17) is 4.43 Å². The zero-order valence-corrected chi connectivity index (χ0v) is 14.0. The lowest BCUT2D eigenvalue weighted by atomic mass is 9.89. The maximum absolute atomic E-state index is 11.4. The van der Waals surface area contributed by atoms with Crippen LogP contribution in [-0.2, 0) is 9.22 Å². The quantitative estimate of drug-likeness (QED) is 0.468. The molecular formula is C15H28O3Si. The van der Waals surface area contributed by atoms with Crippen molar-refractivity contribution in [1.82, 2.24) is 0 Å². The van der Waals surface area contributed by atoms with Gasteiger partial charge in [-0.05, 0) is 43.0 Å². The van der Waals surface area contributed by atoms with E-state index in [0.29, 0.717) is 5.92 Å². The second-order valence-electron chi connectivity index (χ2n) is 7.10. The zero-order chi connectivity index (χ0) is 14.7. The fourth-order valence-corrected chi connectivity index (χ4v) is 3.10. The van der Waals surface area contributed by atoms with Crippen molar-refractivity contribution in [2.75, 3.05) is 0 Å². The van der Waals surface area contributed by atoms with Crippen molar-refractivity contribution in [2.24, 2.45) is 5.92 Å². The smallest absolute Gasteiger partial charge is 0.369 e. The molecule has 0 heterocycles. The van der Waals surface area contributed by atoms with E-state index in [1.54, 1.807) is 0 Å².